The molecule has 5 heteroatoms. The lowest BCUT2D eigenvalue weighted by Gasteiger charge is -2.17. The van der Waals surface area contributed by atoms with Gasteiger partial charge in [-0.05, 0) is 60.6 Å². The molecule has 3 rings (SSSR count). The van der Waals surface area contributed by atoms with Crippen LogP contribution in [-0.4, -0.2) is 23.0 Å². The Balaban J connectivity index is 1.70. The fourth-order valence-electron chi connectivity index (χ4n) is 2.54. The molecule has 1 heterocycles. The summed E-state index contributed by atoms with van der Waals surface area (Å²) in [5.74, 6) is 0.249. The van der Waals surface area contributed by atoms with Gasteiger partial charge in [0, 0.05) is 12.1 Å². The van der Waals surface area contributed by atoms with Crippen molar-refractivity contribution in [3.05, 3.63) is 28.0 Å². The molecular formula is C15H17NO3S. The molecule has 2 N–H and O–H groups in total. The predicted octanol–water partition coefficient (Wildman–Crippen LogP) is 2.76. The van der Waals surface area contributed by atoms with Gasteiger partial charge in [-0.25, -0.2) is 4.79 Å². The molecule has 0 bridgehead atoms. The second-order valence-electron chi connectivity index (χ2n) is 5.55. The van der Waals surface area contributed by atoms with E-state index in [4.69, 9.17) is 5.11 Å². The molecule has 0 radical (unpaired) electrons. The van der Waals surface area contributed by atoms with E-state index >= 15 is 0 Å². The minimum absolute atomic E-state index is 0.0613. The predicted molar refractivity (Wildman–Crippen MR) is 77.7 cm³/mol. The Morgan fingerprint density at radius 3 is 2.50 bits per heavy atom. The van der Waals surface area contributed by atoms with E-state index in [1.165, 1.54) is 43.1 Å². The molecule has 0 aromatic carbocycles. The highest BCUT2D eigenvalue weighted by atomic mass is 32.1. The third-order valence-corrected chi connectivity index (χ3v) is 4.79. The zero-order valence-electron chi connectivity index (χ0n) is 11.0. The highest BCUT2D eigenvalue weighted by Crippen LogP contribution is 2.44. The van der Waals surface area contributed by atoms with Gasteiger partial charge >= 0.3 is 5.97 Å². The molecule has 4 nitrogen and oxygen atoms in total. The fraction of sp³-hybridized carbons (Fsp3) is 0.467. The summed E-state index contributed by atoms with van der Waals surface area (Å²) < 4.78 is 0. The summed E-state index contributed by atoms with van der Waals surface area (Å²) in [4.78, 5) is 23.5. The van der Waals surface area contributed by atoms with Crippen LogP contribution in [0.2, 0.25) is 0 Å². The lowest BCUT2D eigenvalue weighted by Crippen LogP contribution is -2.37. The van der Waals surface area contributed by atoms with Crippen LogP contribution in [0.5, 0.6) is 0 Å². The summed E-state index contributed by atoms with van der Waals surface area (Å²) in [5.41, 5.74) is 0.681. The summed E-state index contributed by atoms with van der Waals surface area (Å²) in [6, 6.07) is 2.10. The van der Waals surface area contributed by atoms with E-state index in [9.17, 15) is 9.59 Å². The van der Waals surface area contributed by atoms with Crippen LogP contribution >= 0.6 is 11.3 Å². The van der Waals surface area contributed by atoms with Crippen molar-refractivity contribution in [2.24, 2.45) is 11.8 Å². The molecule has 1 aromatic rings. The quantitative estimate of drug-likeness (QED) is 0.792. The molecule has 0 aliphatic heterocycles. The summed E-state index contributed by atoms with van der Waals surface area (Å²) >= 11 is 1.36. The van der Waals surface area contributed by atoms with Crippen molar-refractivity contribution in [2.45, 2.75) is 31.7 Å². The van der Waals surface area contributed by atoms with Gasteiger partial charge in [0.25, 0.3) is 5.91 Å². The number of amides is 1. The maximum atomic E-state index is 12.4. The number of nitrogens with one attached hydrogen (secondary N) is 1. The first-order valence-electron chi connectivity index (χ1n) is 6.94. The monoisotopic (exact) mass is 291 g/mol. The number of carbonyl (C=O) groups excluding carboxylic acids is 1. The normalized spacial score (nSPS) is 18.6. The maximum Gasteiger partial charge on any atom is 0.328 e. The molecule has 20 heavy (non-hydrogen) atoms. The minimum Gasteiger partial charge on any atom is -0.478 e. The van der Waals surface area contributed by atoms with Crippen LogP contribution in [0.1, 0.15) is 40.9 Å². The number of rotatable bonds is 6. The third kappa shape index (κ3) is 3.10. The first-order chi connectivity index (χ1) is 9.65. The van der Waals surface area contributed by atoms with Crippen LogP contribution in [0.4, 0.5) is 0 Å². The van der Waals surface area contributed by atoms with Crippen molar-refractivity contribution < 1.29 is 14.7 Å². The van der Waals surface area contributed by atoms with Gasteiger partial charge in [-0.15, -0.1) is 11.3 Å². The Labute approximate surface area is 121 Å². The van der Waals surface area contributed by atoms with Gasteiger partial charge in [0.1, 0.15) is 0 Å². The molecule has 1 amide bonds. The second kappa shape index (κ2) is 5.40. The number of hydrogen-bond acceptors (Lipinski definition) is 3. The first kappa shape index (κ1) is 13.4. The van der Waals surface area contributed by atoms with Crippen molar-refractivity contribution >= 4 is 29.3 Å². The molecule has 106 valence electrons. The summed E-state index contributed by atoms with van der Waals surface area (Å²) in [5, 5.41) is 13.6. The van der Waals surface area contributed by atoms with Crippen molar-refractivity contribution in [3.63, 3.8) is 0 Å². The van der Waals surface area contributed by atoms with Gasteiger partial charge < -0.3 is 10.4 Å². The number of thiophene rings is 1. The van der Waals surface area contributed by atoms with Crippen molar-refractivity contribution in [1.82, 2.24) is 5.32 Å². The van der Waals surface area contributed by atoms with Crippen molar-refractivity contribution in [2.75, 3.05) is 0 Å². The van der Waals surface area contributed by atoms with E-state index in [0.29, 0.717) is 28.3 Å². The number of carboxylic acid groups (broad SMARTS) is 1. The van der Waals surface area contributed by atoms with E-state index in [1.54, 1.807) is 6.07 Å². The second-order valence-corrected chi connectivity index (χ2v) is 6.47. The van der Waals surface area contributed by atoms with Gasteiger partial charge in [0.15, 0.2) is 0 Å². The van der Waals surface area contributed by atoms with E-state index in [0.717, 1.165) is 6.08 Å². The Morgan fingerprint density at radius 1 is 1.30 bits per heavy atom. The zero-order valence-corrected chi connectivity index (χ0v) is 11.9. The molecule has 0 saturated heterocycles. The maximum absolute atomic E-state index is 12.4. The lowest BCUT2D eigenvalue weighted by atomic mass is 10.1. The Hall–Kier alpha value is -1.62. The Kier molecular flexibility index (Phi) is 3.61. The summed E-state index contributed by atoms with van der Waals surface area (Å²) in [7, 11) is 0. The van der Waals surface area contributed by atoms with E-state index in [2.05, 4.69) is 5.32 Å². The Morgan fingerprint density at radius 2 is 1.95 bits per heavy atom. The van der Waals surface area contributed by atoms with Crippen molar-refractivity contribution in [1.29, 1.82) is 0 Å². The molecule has 0 atom stereocenters. The highest BCUT2D eigenvalue weighted by Gasteiger charge is 2.42. The van der Waals surface area contributed by atoms with E-state index in [1.807, 2.05) is 5.38 Å². The Bertz CT molecular complexity index is 543. The molecule has 2 aliphatic rings. The van der Waals surface area contributed by atoms with Crippen LogP contribution in [0, 0.1) is 11.8 Å². The summed E-state index contributed by atoms with van der Waals surface area (Å²) in [6.45, 7) is 0. The van der Waals surface area contributed by atoms with Crippen LogP contribution in [0.3, 0.4) is 0 Å². The van der Waals surface area contributed by atoms with Crippen LogP contribution in [-0.2, 0) is 4.79 Å². The van der Waals surface area contributed by atoms with Crippen LogP contribution < -0.4 is 5.32 Å². The molecule has 1 aromatic heterocycles. The standard InChI is InChI=1S/C15H17NO3S/c17-12(18)6-5-11-7-8-20-14(11)15(19)16-13(9-1-2-9)10-3-4-10/h5-10,13H,1-4H2,(H,16,19)(H,17,18). The average molecular weight is 291 g/mol. The largest absolute Gasteiger partial charge is 0.478 e. The average Bonchev–Trinajstić information content (AvgIpc) is 3.31. The van der Waals surface area contributed by atoms with Gasteiger partial charge in [-0.3, -0.25) is 4.79 Å². The van der Waals surface area contributed by atoms with Gasteiger partial charge in [0.05, 0.1) is 4.88 Å². The zero-order chi connectivity index (χ0) is 14.1. The highest BCUT2D eigenvalue weighted by molar-refractivity contribution is 7.12. The fourth-order valence-corrected chi connectivity index (χ4v) is 3.33. The molecule has 0 unspecified atom stereocenters. The van der Waals surface area contributed by atoms with E-state index in [-0.39, 0.29) is 5.91 Å². The molecule has 2 aliphatic carbocycles. The summed E-state index contributed by atoms with van der Waals surface area (Å²) in [6.07, 6.45) is 7.43. The third-order valence-electron chi connectivity index (χ3n) is 3.86. The van der Waals surface area contributed by atoms with Crippen LogP contribution in [0.15, 0.2) is 17.5 Å². The SMILES string of the molecule is O=C(O)C=Cc1ccsc1C(=O)NC(C1CC1)C1CC1. The number of hydrogen-bond donors (Lipinski definition) is 2. The number of carboxylic acids is 1. The van der Waals surface area contributed by atoms with Crippen LogP contribution in [0.25, 0.3) is 6.08 Å². The number of carbonyl (C=O) groups is 2. The molecule has 2 fully saturated rings. The molecule has 2 saturated carbocycles. The number of aliphatic carboxylic acids is 1. The van der Waals surface area contributed by atoms with Crippen molar-refractivity contribution in [3.8, 4) is 0 Å². The van der Waals surface area contributed by atoms with Gasteiger partial charge in [-0.2, -0.15) is 0 Å². The molecule has 0 spiro atoms. The van der Waals surface area contributed by atoms with E-state index < -0.39 is 5.97 Å². The first-order valence-corrected chi connectivity index (χ1v) is 7.82. The minimum atomic E-state index is -1.00. The topological polar surface area (TPSA) is 66.4 Å². The van der Waals surface area contributed by atoms with Gasteiger partial charge in [0.2, 0.25) is 0 Å². The molecular weight excluding hydrogens is 274 g/mol. The van der Waals surface area contributed by atoms with Gasteiger partial charge in [-0.1, -0.05) is 0 Å². The lowest BCUT2D eigenvalue weighted by molar-refractivity contribution is -0.131. The smallest absolute Gasteiger partial charge is 0.328 e.